The zero-order valence-electron chi connectivity index (χ0n) is 10.8. The van der Waals surface area contributed by atoms with Crippen LogP contribution in [-0.2, 0) is 6.54 Å². The predicted molar refractivity (Wildman–Crippen MR) is 70.2 cm³/mol. The smallest absolute Gasteiger partial charge is 0.123 e. The molecule has 0 aliphatic heterocycles. The van der Waals surface area contributed by atoms with Crippen LogP contribution in [0.5, 0.6) is 5.75 Å². The molecule has 17 heavy (non-hydrogen) atoms. The lowest BCUT2D eigenvalue weighted by molar-refractivity contribution is 0.104. The van der Waals surface area contributed by atoms with E-state index in [1.54, 1.807) is 0 Å². The van der Waals surface area contributed by atoms with E-state index in [1.807, 2.05) is 25.1 Å². The van der Waals surface area contributed by atoms with Crippen LogP contribution in [0.2, 0.25) is 0 Å². The number of hydrogen-bond acceptors (Lipinski definition) is 3. The summed E-state index contributed by atoms with van der Waals surface area (Å²) < 4.78 is 5.63. The van der Waals surface area contributed by atoms with Gasteiger partial charge in [0.2, 0.25) is 0 Å². The number of aliphatic hydroxyl groups excluding tert-OH is 1. The molecule has 1 atom stereocenters. The number of aliphatic hydroxyl groups is 1. The Hall–Kier alpha value is -1.06. The fourth-order valence-corrected chi connectivity index (χ4v) is 1.49. The normalized spacial score (nSPS) is 12.4. The molecule has 0 radical (unpaired) electrons. The maximum Gasteiger partial charge on any atom is 0.123 e. The molecule has 0 aliphatic carbocycles. The van der Waals surface area contributed by atoms with Crippen molar-refractivity contribution < 1.29 is 9.84 Å². The number of hydrogen-bond donors (Lipinski definition) is 2. The van der Waals surface area contributed by atoms with Gasteiger partial charge in [-0.05, 0) is 25.5 Å². The van der Waals surface area contributed by atoms with Crippen LogP contribution >= 0.6 is 0 Å². The minimum absolute atomic E-state index is 0.362. The van der Waals surface area contributed by atoms with Gasteiger partial charge >= 0.3 is 0 Å². The van der Waals surface area contributed by atoms with Crippen LogP contribution < -0.4 is 10.1 Å². The van der Waals surface area contributed by atoms with Gasteiger partial charge in [-0.25, -0.2) is 0 Å². The number of ether oxygens (including phenoxy) is 1. The minimum Gasteiger partial charge on any atom is -0.491 e. The van der Waals surface area contributed by atoms with E-state index >= 15 is 0 Å². The second kappa shape index (κ2) is 8.09. The lowest BCUT2D eigenvalue weighted by Crippen LogP contribution is -2.18. The molecule has 1 aromatic rings. The summed E-state index contributed by atoms with van der Waals surface area (Å²) in [6, 6.07) is 7.96. The van der Waals surface area contributed by atoms with Crippen molar-refractivity contribution in [3.8, 4) is 5.75 Å². The van der Waals surface area contributed by atoms with Crippen molar-refractivity contribution in [3.05, 3.63) is 29.8 Å². The Morgan fingerprint density at radius 1 is 1.29 bits per heavy atom. The molecule has 0 aliphatic rings. The molecule has 3 nitrogen and oxygen atoms in total. The maximum atomic E-state index is 9.48. The van der Waals surface area contributed by atoms with Gasteiger partial charge in [0.05, 0.1) is 6.10 Å². The van der Waals surface area contributed by atoms with Gasteiger partial charge in [0.1, 0.15) is 12.4 Å². The van der Waals surface area contributed by atoms with E-state index < -0.39 is 0 Å². The fourth-order valence-electron chi connectivity index (χ4n) is 1.49. The largest absolute Gasteiger partial charge is 0.491 e. The van der Waals surface area contributed by atoms with E-state index in [0.717, 1.165) is 37.2 Å². The van der Waals surface area contributed by atoms with Crippen molar-refractivity contribution in [2.24, 2.45) is 0 Å². The molecular weight excluding hydrogens is 214 g/mol. The second-order valence-corrected chi connectivity index (χ2v) is 4.16. The Morgan fingerprint density at radius 3 is 2.76 bits per heavy atom. The van der Waals surface area contributed by atoms with Crippen molar-refractivity contribution in [3.63, 3.8) is 0 Å². The zero-order chi connectivity index (χ0) is 12.5. The van der Waals surface area contributed by atoms with E-state index in [9.17, 15) is 5.11 Å². The monoisotopic (exact) mass is 237 g/mol. The van der Waals surface area contributed by atoms with Gasteiger partial charge in [-0.1, -0.05) is 32.0 Å². The SMILES string of the molecule is CCCNCc1ccccc1OCC(O)CC. The number of nitrogens with one attached hydrogen (secondary N) is 1. The summed E-state index contributed by atoms with van der Waals surface area (Å²) in [5, 5.41) is 12.8. The van der Waals surface area contributed by atoms with E-state index in [-0.39, 0.29) is 6.10 Å². The van der Waals surface area contributed by atoms with Crippen molar-refractivity contribution >= 4 is 0 Å². The Labute approximate surface area is 104 Å². The minimum atomic E-state index is -0.383. The standard InChI is InChI=1S/C14H23NO2/c1-3-9-15-10-12-7-5-6-8-14(12)17-11-13(16)4-2/h5-8,13,15-16H,3-4,9-11H2,1-2H3. The van der Waals surface area contributed by atoms with Crippen LogP contribution in [0.4, 0.5) is 0 Å². The van der Waals surface area contributed by atoms with Gasteiger partial charge in [0.15, 0.2) is 0 Å². The summed E-state index contributed by atoms with van der Waals surface area (Å²) in [6.45, 7) is 6.27. The quantitative estimate of drug-likeness (QED) is 0.682. The topological polar surface area (TPSA) is 41.5 Å². The molecule has 3 heteroatoms. The van der Waals surface area contributed by atoms with E-state index in [2.05, 4.69) is 18.3 Å². The number of para-hydroxylation sites is 1. The molecular formula is C14H23NO2. The Morgan fingerprint density at radius 2 is 2.06 bits per heavy atom. The van der Waals surface area contributed by atoms with Crippen LogP contribution in [0, 0.1) is 0 Å². The Bertz CT molecular complexity index is 315. The van der Waals surface area contributed by atoms with Gasteiger partial charge in [-0.15, -0.1) is 0 Å². The first-order valence-electron chi connectivity index (χ1n) is 6.37. The lowest BCUT2D eigenvalue weighted by Gasteiger charge is -2.14. The summed E-state index contributed by atoms with van der Waals surface area (Å²) in [5.41, 5.74) is 1.14. The van der Waals surface area contributed by atoms with Crippen LogP contribution in [0.15, 0.2) is 24.3 Å². The highest BCUT2D eigenvalue weighted by molar-refractivity contribution is 5.33. The maximum absolute atomic E-state index is 9.48. The van der Waals surface area contributed by atoms with Gasteiger partial charge in [0, 0.05) is 12.1 Å². The second-order valence-electron chi connectivity index (χ2n) is 4.16. The molecule has 0 spiro atoms. The van der Waals surface area contributed by atoms with E-state index in [4.69, 9.17) is 4.74 Å². The molecule has 1 aromatic carbocycles. The molecule has 0 heterocycles. The van der Waals surface area contributed by atoms with Crippen LogP contribution in [0.1, 0.15) is 32.3 Å². The highest BCUT2D eigenvalue weighted by Gasteiger charge is 2.05. The van der Waals surface area contributed by atoms with Crippen molar-refractivity contribution in [1.82, 2.24) is 5.32 Å². The van der Waals surface area contributed by atoms with Crippen LogP contribution in [-0.4, -0.2) is 24.4 Å². The molecule has 0 amide bonds. The summed E-state index contributed by atoms with van der Waals surface area (Å²) in [7, 11) is 0. The fraction of sp³-hybridized carbons (Fsp3) is 0.571. The number of rotatable bonds is 8. The molecule has 0 bridgehead atoms. The first-order chi connectivity index (χ1) is 8.27. The summed E-state index contributed by atoms with van der Waals surface area (Å²) in [6.07, 6.45) is 1.46. The summed E-state index contributed by atoms with van der Waals surface area (Å²) >= 11 is 0. The molecule has 2 N–H and O–H groups in total. The van der Waals surface area contributed by atoms with Crippen molar-refractivity contribution in [1.29, 1.82) is 0 Å². The lowest BCUT2D eigenvalue weighted by atomic mass is 10.2. The molecule has 96 valence electrons. The van der Waals surface area contributed by atoms with Gasteiger partial charge in [-0.3, -0.25) is 0 Å². The molecule has 1 unspecified atom stereocenters. The third-order valence-corrected chi connectivity index (χ3v) is 2.62. The summed E-state index contributed by atoms with van der Waals surface area (Å²) in [5.74, 6) is 0.864. The predicted octanol–water partition coefficient (Wildman–Crippen LogP) is 2.34. The molecule has 0 saturated carbocycles. The Kier molecular flexibility index (Phi) is 6.67. The average Bonchev–Trinajstić information content (AvgIpc) is 2.37. The van der Waals surface area contributed by atoms with Crippen LogP contribution in [0.25, 0.3) is 0 Å². The highest BCUT2D eigenvalue weighted by atomic mass is 16.5. The third-order valence-electron chi connectivity index (χ3n) is 2.62. The third kappa shape index (κ3) is 5.20. The number of benzene rings is 1. The first-order valence-corrected chi connectivity index (χ1v) is 6.37. The van der Waals surface area contributed by atoms with E-state index in [0.29, 0.717) is 6.61 Å². The zero-order valence-corrected chi connectivity index (χ0v) is 10.8. The summed E-state index contributed by atoms with van der Waals surface area (Å²) in [4.78, 5) is 0. The molecule has 1 rings (SSSR count). The van der Waals surface area contributed by atoms with Gasteiger partial charge in [-0.2, -0.15) is 0 Å². The highest BCUT2D eigenvalue weighted by Crippen LogP contribution is 2.18. The first kappa shape index (κ1) is 14.0. The van der Waals surface area contributed by atoms with Gasteiger partial charge < -0.3 is 15.2 Å². The molecule has 0 fully saturated rings. The molecule has 0 saturated heterocycles. The van der Waals surface area contributed by atoms with Crippen molar-refractivity contribution in [2.75, 3.05) is 13.2 Å². The Balaban J connectivity index is 2.51. The average molecular weight is 237 g/mol. The molecule has 0 aromatic heterocycles. The van der Waals surface area contributed by atoms with E-state index in [1.165, 1.54) is 0 Å². The van der Waals surface area contributed by atoms with Gasteiger partial charge in [0.25, 0.3) is 0 Å². The van der Waals surface area contributed by atoms with Crippen molar-refractivity contribution in [2.45, 2.75) is 39.3 Å². The van der Waals surface area contributed by atoms with Crippen LogP contribution in [0.3, 0.4) is 0 Å².